The molecule has 0 aliphatic carbocycles. The largest absolute Gasteiger partial charge is 0.379 e. The van der Waals surface area contributed by atoms with Crippen LogP contribution in [-0.2, 0) is 9.47 Å². The third-order valence-corrected chi connectivity index (χ3v) is 4.22. The molecule has 2 fully saturated rings. The van der Waals surface area contributed by atoms with Gasteiger partial charge in [-0.15, -0.1) is 0 Å². The van der Waals surface area contributed by atoms with Gasteiger partial charge in [0.2, 0.25) is 5.95 Å². The van der Waals surface area contributed by atoms with E-state index in [4.69, 9.17) is 9.47 Å². The Bertz CT molecular complexity index is 479. The van der Waals surface area contributed by atoms with Crippen LogP contribution in [0, 0.1) is 0 Å². The zero-order valence-electron chi connectivity index (χ0n) is 13.5. The van der Waals surface area contributed by atoms with E-state index in [1.165, 1.54) is 0 Å². The van der Waals surface area contributed by atoms with E-state index < -0.39 is 0 Å². The van der Waals surface area contributed by atoms with Gasteiger partial charge in [-0.25, -0.2) is 4.98 Å². The molecular weight excluding hydrogens is 280 g/mol. The molecule has 0 aromatic carbocycles. The van der Waals surface area contributed by atoms with Crippen LogP contribution >= 0.6 is 0 Å². The summed E-state index contributed by atoms with van der Waals surface area (Å²) in [6.07, 6.45) is 5.55. The first-order valence-electron chi connectivity index (χ1n) is 8.32. The van der Waals surface area contributed by atoms with Crippen LogP contribution in [-0.4, -0.2) is 54.5 Å². The number of aromatic nitrogens is 2. The lowest BCUT2D eigenvalue weighted by molar-refractivity contribution is -0.0177. The Morgan fingerprint density at radius 1 is 1.41 bits per heavy atom. The van der Waals surface area contributed by atoms with Gasteiger partial charge in [-0.2, -0.15) is 4.98 Å². The standard InChI is InChI=1S/C16H26N4O2/c1-3-14-10-20(9-12(2)22-14)16-17-7-6-15(19-16)18-13-5-4-8-21-11-13/h6-7,12-14H,3-5,8-11H2,1-2H3,(H,17,18,19)/t12-,13+,14-/m1/s1. The second-order valence-electron chi connectivity index (χ2n) is 6.18. The van der Waals surface area contributed by atoms with Gasteiger partial charge in [-0.05, 0) is 32.3 Å². The Balaban J connectivity index is 1.67. The zero-order chi connectivity index (χ0) is 15.4. The lowest BCUT2D eigenvalue weighted by atomic mass is 10.1. The van der Waals surface area contributed by atoms with Gasteiger partial charge in [-0.1, -0.05) is 6.92 Å². The molecule has 6 nitrogen and oxygen atoms in total. The highest BCUT2D eigenvalue weighted by atomic mass is 16.5. The second-order valence-corrected chi connectivity index (χ2v) is 6.18. The maximum Gasteiger partial charge on any atom is 0.227 e. The third kappa shape index (κ3) is 3.87. The lowest BCUT2D eigenvalue weighted by Gasteiger charge is -2.36. The molecule has 2 aliphatic heterocycles. The van der Waals surface area contributed by atoms with E-state index in [0.717, 1.165) is 57.3 Å². The summed E-state index contributed by atoms with van der Waals surface area (Å²) in [5.41, 5.74) is 0. The fraction of sp³-hybridized carbons (Fsp3) is 0.750. The Labute approximate surface area is 132 Å². The predicted molar refractivity (Wildman–Crippen MR) is 86.3 cm³/mol. The van der Waals surface area contributed by atoms with Crippen molar-refractivity contribution in [3.05, 3.63) is 12.3 Å². The molecule has 0 radical (unpaired) electrons. The lowest BCUT2D eigenvalue weighted by Crippen LogP contribution is -2.47. The molecule has 0 bridgehead atoms. The maximum atomic E-state index is 5.91. The average Bonchev–Trinajstić information content (AvgIpc) is 2.55. The van der Waals surface area contributed by atoms with Crippen LogP contribution in [0.15, 0.2) is 12.3 Å². The minimum Gasteiger partial charge on any atom is -0.379 e. The molecule has 0 saturated carbocycles. The van der Waals surface area contributed by atoms with Crippen LogP contribution in [0.2, 0.25) is 0 Å². The van der Waals surface area contributed by atoms with E-state index in [1.54, 1.807) is 0 Å². The minimum absolute atomic E-state index is 0.214. The van der Waals surface area contributed by atoms with E-state index in [1.807, 2.05) is 12.3 Å². The topological polar surface area (TPSA) is 59.5 Å². The van der Waals surface area contributed by atoms with Gasteiger partial charge in [0.25, 0.3) is 0 Å². The number of nitrogens with one attached hydrogen (secondary N) is 1. The summed E-state index contributed by atoms with van der Waals surface area (Å²) in [5, 5.41) is 3.46. The van der Waals surface area contributed by atoms with Crippen molar-refractivity contribution in [2.75, 3.05) is 36.5 Å². The van der Waals surface area contributed by atoms with E-state index >= 15 is 0 Å². The number of hydrogen-bond donors (Lipinski definition) is 1. The Morgan fingerprint density at radius 3 is 3.09 bits per heavy atom. The summed E-state index contributed by atoms with van der Waals surface area (Å²) in [5.74, 6) is 1.67. The van der Waals surface area contributed by atoms with Gasteiger partial charge in [-0.3, -0.25) is 0 Å². The highest BCUT2D eigenvalue weighted by Crippen LogP contribution is 2.20. The molecule has 3 rings (SSSR count). The third-order valence-electron chi connectivity index (χ3n) is 4.22. The van der Waals surface area contributed by atoms with Crippen molar-refractivity contribution in [3.63, 3.8) is 0 Å². The molecule has 122 valence electrons. The van der Waals surface area contributed by atoms with Gasteiger partial charge in [0.05, 0.1) is 24.9 Å². The van der Waals surface area contributed by atoms with Crippen molar-refractivity contribution < 1.29 is 9.47 Å². The van der Waals surface area contributed by atoms with Crippen LogP contribution in [0.5, 0.6) is 0 Å². The summed E-state index contributed by atoms with van der Waals surface area (Å²) in [6.45, 7) is 7.59. The molecule has 2 aliphatic rings. The summed E-state index contributed by atoms with van der Waals surface area (Å²) in [4.78, 5) is 11.4. The van der Waals surface area contributed by atoms with E-state index in [9.17, 15) is 0 Å². The van der Waals surface area contributed by atoms with Crippen LogP contribution in [0.1, 0.15) is 33.1 Å². The summed E-state index contributed by atoms with van der Waals surface area (Å²) in [6, 6.07) is 2.28. The molecule has 0 spiro atoms. The monoisotopic (exact) mass is 306 g/mol. The quantitative estimate of drug-likeness (QED) is 0.919. The molecular formula is C16H26N4O2. The molecule has 1 N–H and O–H groups in total. The van der Waals surface area contributed by atoms with Crippen molar-refractivity contribution in [1.29, 1.82) is 0 Å². The molecule has 1 aromatic rings. The van der Waals surface area contributed by atoms with Crippen LogP contribution < -0.4 is 10.2 Å². The molecule has 0 amide bonds. The molecule has 3 atom stereocenters. The molecule has 2 saturated heterocycles. The predicted octanol–water partition coefficient (Wildman–Crippen LogP) is 2.07. The van der Waals surface area contributed by atoms with Gasteiger partial charge in [0, 0.05) is 25.9 Å². The average molecular weight is 306 g/mol. The first-order chi connectivity index (χ1) is 10.7. The smallest absolute Gasteiger partial charge is 0.227 e. The van der Waals surface area contributed by atoms with Crippen LogP contribution in [0.25, 0.3) is 0 Å². The van der Waals surface area contributed by atoms with Crippen molar-refractivity contribution in [1.82, 2.24) is 9.97 Å². The Morgan fingerprint density at radius 2 is 2.32 bits per heavy atom. The van der Waals surface area contributed by atoms with E-state index in [2.05, 4.69) is 34.0 Å². The number of nitrogens with zero attached hydrogens (tertiary/aromatic N) is 3. The number of rotatable bonds is 4. The Kier molecular flexibility index (Phi) is 5.10. The molecule has 6 heteroatoms. The van der Waals surface area contributed by atoms with Gasteiger partial charge < -0.3 is 19.7 Å². The summed E-state index contributed by atoms with van der Waals surface area (Å²) >= 11 is 0. The first kappa shape index (κ1) is 15.5. The highest BCUT2D eigenvalue weighted by molar-refractivity contribution is 5.42. The molecule has 0 unspecified atom stereocenters. The molecule has 22 heavy (non-hydrogen) atoms. The van der Waals surface area contributed by atoms with E-state index in [-0.39, 0.29) is 12.2 Å². The highest BCUT2D eigenvalue weighted by Gasteiger charge is 2.26. The van der Waals surface area contributed by atoms with Crippen molar-refractivity contribution in [3.8, 4) is 0 Å². The Hall–Kier alpha value is -1.40. The molecule has 1 aromatic heterocycles. The van der Waals surface area contributed by atoms with Crippen molar-refractivity contribution in [2.45, 2.75) is 51.4 Å². The molecule has 3 heterocycles. The number of anilines is 2. The van der Waals surface area contributed by atoms with Crippen LogP contribution in [0.4, 0.5) is 11.8 Å². The van der Waals surface area contributed by atoms with Crippen LogP contribution in [0.3, 0.4) is 0 Å². The second kappa shape index (κ2) is 7.24. The number of hydrogen-bond acceptors (Lipinski definition) is 6. The van der Waals surface area contributed by atoms with Crippen molar-refractivity contribution >= 4 is 11.8 Å². The van der Waals surface area contributed by atoms with E-state index in [0.29, 0.717) is 6.04 Å². The normalized spacial score (nSPS) is 29.4. The van der Waals surface area contributed by atoms with Gasteiger partial charge in [0.15, 0.2) is 0 Å². The fourth-order valence-corrected chi connectivity index (χ4v) is 3.08. The minimum atomic E-state index is 0.214. The number of morpholine rings is 1. The van der Waals surface area contributed by atoms with Crippen molar-refractivity contribution in [2.24, 2.45) is 0 Å². The first-order valence-corrected chi connectivity index (χ1v) is 8.32. The SMILES string of the molecule is CC[C@@H]1CN(c2nccc(N[C@H]3CCCOC3)n2)C[C@@H](C)O1. The fourth-order valence-electron chi connectivity index (χ4n) is 3.08. The van der Waals surface area contributed by atoms with Gasteiger partial charge in [0.1, 0.15) is 5.82 Å². The number of ether oxygens (including phenoxy) is 2. The zero-order valence-corrected chi connectivity index (χ0v) is 13.5. The van der Waals surface area contributed by atoms with Gasteiger partial charge >= 0.3 is 0 Å². The maximum absolute atomic E-state index is 5.91. The summed E-state index contributed by atoms with van der Waals surface area (Å²) < 4.78 is 11.4. The summed E-state index contributed by atoms with van der Waals surface area (Å²) in [7, 11) is 0.